The number of fused-ring (bicyclic) bond motifs is 1. The lowest BCUT2D eigenvalue weighted by Gasteiger charge is -2.30. The van der Waals surface area contributed by atoms with E-state index in [-0.39, 0.29) is 38.0 Å². The van der Waals surface area contributed by atoms with Gasteiger partial charge in [-0.3, -0.25) is 9.59 Å². The van der Waals surface area contributed by atoms with Gasteiger partial charge in [-0.15, -0.1) is 0 Å². The lowest BCUT2D eigenvalue weighted by atomic mass is 9.85. The van der Waals surface area contributed by atoms with Gasteiger partial charge in [0, 0.05) is 24.2 Å². The van der Waals surface area contributed by atoms with Gasteiger partial charge in [0.05, 0.1) is 39.0 Å². The molecule has 256 valence electrons. The first kappa shape index (κ1) is 34.9. The van der Waals surface area contributed by atoms with Crippen molar-refractivity contribution >= 4 is 23.5 Å². The van der Waals surface area contributed by atoms with E-state index in [4.69, 9.17) is 14.2 Å². The third-order valence-corrected chi connectivity index (χ3v) is 9.30. The minimum atomic E-state index is -1.23. The van der Waals surface area contributed by atoms with Gasteiger partial charge >= 0.3 is 5.97 Å². The van der Waals surface area contributed by atoms with Gasteiger partial charge in [0.25, 0.3) is 5.91 Å². The third kappa shape index (κ3) is 9.34. The summed E-state index contributed by atoms with van der Waals surface area (Å²) in [4.78, 5) is 40.9. The van der Waals surface area contributed by atoms with Gasteiger partial charge in [-0.1, -0.05) is 68.5 Å². The number of hydrogen-bond acceptors (Lipinski definition) is 7. The Morgan fingerprint density at radius 3 is 2.44 bits per heavy atom. The molecule has 3 atom stereocenters. The van der Waals surface area contributed by atoms with Crippen molar-refractivity contribution in [2.24, 2.45) is 5.92 Å². The molecule has 0 radical (unpaired) electrons. The van der Waals surface area contributed by atoms with Gasteiger partial charge in [0.1, 0.15) is 11.8 Å². The maximum Gasteiger partial charge on any atom is 0.337 e. The Hall–Kier alpha value is -4.44. The van der Waals surface area contributed by atoms with Crippen LogP contribution in [0, 0.1) is 5.92 Å². The molecule has 0 aromatic heterocycles. The molecule has 0 spiro atoms. The smallest absolute Gasteiger partial charge is 0.337 e. The number of ether oxygens (including phenoxy) is 3. The van der Waals surface area contributed by atoms with Crippen LogP contribution >= 0.6 is 0 Å². The van der Waals surface area contributed by atoms with Crippen LogP contribution in [-0.4, -0.2) is 63.5 Å². The first-order valence-electron chi connectivity index (χ1n) is 16.8. The largest absolute Gasteiger partial charge is 0.497 e. The molecular weight excluding hydrogens is 613 g/mol. The van der Waals surface area contributed by atoms with E-state index in [9.17, 15) is 14.4 Å². The molecule has 0 saturated heterocycles. The Balaban J connectivity index is 1.31. The number of carbonyl (C=O) groups excluding carboxylic acids is 3. The number of nitrogens with one attached hydrogen (secondary N) is 2. The van der Waals surface area contributed by atoms with Crippen molar-refractivity contribution in [3.05, 3.63) is 95.1 Å². The first-order valence-corrected chi connectivity index (χ1v) is 16.8. The molecule has 5 rings (SSSR count). The number of halogens is 1. The number of rotatable bonds is 15. The second kappa shape index (κ2) is 17.1. The molecule has 0 bridgehead atoms. The summed E-state index contributed by atoms with van der Waals surface area (Å²) in [7, 11) is 2.87. The van der Waals surface area contributed by atoms with Crippen LogP contribution in [0.25, 0.3) is 0 Å². The van der Waals surface area contributed by atoms with Crippen LogP contribution in [0.3, 0.4) is 0 Å². The summed E-state index contributed by atoms with van der Waals surface area (Å²) < 4.78 is 31.5. The SMILES string of the molecule is COC(=O)c1ccc(COCC(CN2c3ccccc3C[C@@H]2F)NC(=O)[C@@H](CCC2CCCCC2)NC(=O)c2cccc(OC)c2)cc1. The molecule has 1 fully saturated rings. The fourth-order valence-corrected chi connectivity index (χ4v) is 6.62. The molecule has 1 saturated carbocycles. The second-order valence-electron chi connectivity index (χ2n) is 12.7. The summed E-state index contributed by atoms with van der Waals surface area (Å²) in [5.74, 6) is -0.0526. The normalized spacial score (nSPS) is 17.2. The molecule has 2 N–H and O–H groups in total. The van der Waals surface area contributed by atoms with Crippen LogP contribution in [0.1, 0.15) is 76.8 Å². The first-order chi connectivity index (χ1) is 23.3. The molecule has 1 aliphatic heterocycles. The van der Waals surface area contributed by atoms with Crippen molar-refractivity contribution in [3.63, 3.8) is 0 Å². The summed E-state index contributed by atoms with van der Waals surface area (Å²) in [6.45, 7) is 0.514. The number of carbonyl (C=O) groups is 3. The maximum atomic E-state index is 15.4. The molecule has 1 heterocycles. The van der Waals surface area contributed by atoms with E-state index >= 15 is 4.39 Å². The van der Waals surface area contributed by atoms with Gasteiger partial charge in [-0.05, 0) is 66.3 Å². The van der Waals surface area contributed by atoms with E-state index < -0.39 is 24.3 Å². The van der Waals surface area contributed by atoms with E-state index in [1.807, 2.05) is 24.3 Å². The number of nitrogens with zero attached hydrogens (tertiary/aromatic N) is 1. The summed E-state index contributed by atoms with van der Waals surface area (Å²) in [5, 5.41) is 6.08. The zero-order valence-corrected chi connectivity index (χ0v) is 27.8. The Kier molecular flexibility index (Phi) is 12.4. The standard InChI is InChI=1S/C38H46FN3O6/c1-46-32-13-8-12-30(21-32)36(43)41-33(20-17-26-9-4-3-5-10-26)37(44)40-31(23-42-34-14-7-6-11-29(34)22-35(42)39)25-48-24-27-15-18-28(19-16-27)38(45)47-2/h6-8,11-16,18-19,21,26,31,33,35H,3-5,9-10,17,20,22-25H2,1-2H3,(H,40,44)(H,41,43)/t31?,33-,35-/m1/s1. The minimum absolute atomic E-state index is 0.106. The van der Waals surface area contributed by atoms with Crippen molar-refractivity contribution in [2.75, 3.05) is 32.3 Å². The minimum Gasteiger partial charge on any atom is -0.497 e. The van der Waals surface area contributed by atoms with E-state index in [0.29, 0.717) is 29.2 Å². The zero-order valence-electron chi connectivity index (χ0n) is 27.8. The van der Waals surface area contributed by atoms with Crippen LogP contribution in [0.2, 0.25) is 0 Å². The molecule has 2 aliphatic rings. The molecule has 10 heteroatoms. The van der Waals surface area contributed by atoms with Crippen molar-refractivity contribution in [1.29, 1.82) is 0 Å². The van der Waals surface area contributed by atoms with Crippen LogP contribution in [0.4, 0.5) is 10.1 Å². The van der Waals surface area contributed by atoms with E-state index in [2.05, 4.69) is 10.6 Å². The summed E-state index contributed by atoms with van der Waals surface area (Å²) in [6, 6.07) is 19.9. The quantitative estimate of drug-likeness (QED) is 0.152. The molecule has 1 unspecified atom stereocenters. The molecule has 9 nitrogen and oxygen atoms in total. The highest BCUT2D eigenvalue weighted by atomic mass is 19.1. The van der Waals surface area contributed by atoms with Crippen molar-refractivity contribution < 1.29 is 33.0 Å². The van der Waals surface area contributed by atoms with E-state index in [1.54, 1.807) is 53.4 Å². The topological polar surface area (TPSA) is 106 Å². The number of hydrogen-bond donors (Lipinski definition) is 2. The predicted molar refractivity (Wildman–Crippen MR) is 182 cm³/mol. The van der Waals surface area contributed by atoms with E-state index in [0.717, 1.165) is 36.1 Å². The Bertz CT molecular complexity index is 1530. The number of benzene rings is 3. The highest BCUT2D eigenvalue weighted by Crippen LogP contribution is 2.33. The molecule has 48 heavy (non-hydrogen) atoms. The summed E-state index contributed by atoms with van der Waals surface area (Å²) >= 11 is 0. The third-order valence-electron chi connectivity index (χ3n) is 9.30. The number of anilines is 1. The highest BCUT2D eigenvalue weighted by molar-refractivity contribution is 5.98. The molecule has 3 aromatic rings. The fourth-order valence-electron chi connectivity index (χ4n) is 6.62. The zero-order chi connectivity index (χ0) is 33.9. The molecular formula is C38H46FN3O6. The van der Waals surface area contributed by atoms with Gasteiger partial charge in [-0.25, -0.2) is 9.18 Å². The average Bonchev–Trinajstić information content (AvgIpc) is 3.44. The van der Waals surface area contributed by atoms with Crippen molar-refractivity contribution in [1.82, 2.24) is 10.6 Å². The summed E-state index contributed by atoms with van der Waals surface area (Å²) in [5.41, 5.74) is 3.37. The van der Waals surface area contributed by atoms with Gasteiger partial charge in [-0.2, -0.15) is 0 Å². The monoisotopic (exact) mass is 659 g/mol. The number of para-hydroxylation sites is 1. The number of amides is 2. The Morgan fingerprint density at radius 2 is 1.69 bits per heavy atom. The summed E-state index contributed by atoms with van der Waals surface area (Å²) in [6.07, 6.45) is 6.21. The molecule has 2 amide bonds. The molecule has 3 aromatic carbocycles. The van der Waals surface area contributed by atoms with Crippen LogP contribution in [0.5, 0.6) is 5.75 Å². The maximum absolute atomic E-state index is 15.4. The van der Waals surface area contributed by atoms with Crippen molar-refractivity contribution in [3.8, 4) is 5.75 Å². The number of esters is 1. The molecule has 1 aliphatic carbocycles. The Labute approximate surface area is 282 Å². The second-order valence-corrected chi connectivity index (χ2v) is 12.7. The number of methoxy groups -OCH3 is 2. The average molecular weight is 660 g/mol. The van der Waals surface area contributed by atoms with Crippen LogP contribution < -0.4 is 20.3 Å². The van der Waals surface area contributed by atoms with Gasteiger partial charge in [0.2, 0.25) is 5.91 Å². The fraction of sp³-hybridized carbons (Fsp3) is 0.447. The van der Waals surface area contributed by atoms with Crippen LogP contribution in [0.15, 0.2) is 72.8 Å². The predicted octanol–water partition coefficient (Wildman–Crippen LogP) is 6.00. The van der Waals surface area contributed by atoms with Gasteiger partial charge in [0.15, 0.2) is 6.30 Å². The lowest BCUT2D eigenvalue weighted by Crippen LogP contribution is -2.54. The van der Waals surface area contributed by atoms with E-state index in [1.165, 1.54) is 33.5 Å². The lowest BCUT2D eigenvalue weighted by molar-refractivity contribution is -0.124. The number of alkyl halides is 1. The highest BCUT2D eigenvalue weighted by Gasteiger charge is 2.32. The van der Waals surface area contributed by atoms with Gasteiger partial charge < -0.3 is 29.7 Å². The van der Waals surface area contributed by atoms with Crippen LogP contribution in [-0.2, 0) is 27.3 Å². The Morgan fingerprint density at radius 1 is 0.917 bits per heavy atom. The van der Waals surface area contributed by atoms with Crippen molar-refractivity contribution in [2.45, 2.75) is 76.4 Å².